The molecule has 7 nitrogen and oxygen atoms in total. The second-order valence-corrected chi connectivity index (χ2v) is 6.87. The first-order chi connectivity index (χ1) is 12.1. The Hall–Kier alpha value is -1.18. The Labute approximate surface area is 151 Å². The van der Waals surface area contributed by atoms with Crippen LogP contribution >= 0.6 is 0 Å². The van der Waals surface area contributed by atoms with Crippen LogP contribution in [0.2, 0.25) is 0 Å². The van der Waals surface area contributed by atoms with Gasteiger partial charge in [-0.15, -0.1) is 0 Å². The number of amides is 2. The summed E-state index contributed by atoms with van der Waals surface area (Å²) < 4.78 is 11.4. The fraction of sp³-hybridized carbons (Fsp3) is 0.889. The van der Waals surface area contributed by atoms with E-state index in [1.165, 1.54) is 6.42 Å². The fourth-order valence-electron chi connectivity index (χ4n) is 3.32. The monoisotopic (exact) mass is 355 g/mol. The maximum atomic E-state index is 12.6. The molecular weight excluding hydrogens is 322 g/mol. The lowest BCUT2D eigenvalue weighted by Crippen LogP contribution is -2.43. The summed E-state index contributed by atoms with van der Waals surface area (Å²) in [4.78, 5) is 28.3. The average Bonchev–Trinajstić information content (AvgIpc) is 2.85. The number of carbonyl (C=O) groups is 2. The van der Waals surface area contributed by atoms with Crippen molar-refractivity contribution in [2.75, 3.05) is 52.5 Å². The standard InChI is InChI=1S/C18H33N3O4/c1-3-19-17(22)13-20-8-6-9-21(11-10-20)18(23)15(2)25-14-16-7-4-5-12-24-16/h15-16H,3-14H2,1-2H3,(H,19,22). The first kappa shape index (κ1) is 20.1. The van der Waals surface area contributed by atoms with Crippen molar-refractivity contribution in [1.82, 2.24) is 15.1 Å². The van der Waals surface area contributed by atoms with E-state index in [0.717, 1.165) is 45.5 Å². The third-order valence-electron chi connectivity index (χ3n) is 4.80. The van der Waals surface area contributed by atoms with Gasteiger partial charge in [0.15, 0.2) is 0 Å². The average molecular weight is 355 g/mol. The Bertz CT molecular complexity index is 427. The molecule has 2 atom stereocenters. The molecule has 0 aromatic heterocycles. The van der Waals surface area contributed by atoms with Gasteiger partial charge in [-0.25, -0.2) is 0 Å². The highest BCUT2D eigenvalue weighted by molar-refractivity contribution is 5.80. The summed E-state index contributed by atoms with van der Waals surface area (Å²) in [7, 11) is 0. The Morgan fingerprint density at radius 2 is 2.04 bits per heavy atom. The van der Waals surface area contributed by atoms with E-state index in [-0.39, 0.29) is 17.9 Å². The minimum Gasteiger partial charge on any atom is -0.376 e. The molecule has 2 aliphatic rings. The van der Waals surface area contributed by atoms with Gasteiger partial charge in [-0.3, -0.25) is 14.5 Å². The Morgan fingerprint density at radius 1 is 1.20 bits per heavy atom. The molecule has 0 radical (unpaired) electrons. The van der Waals surface area contributed by atoms with Crippen molar-refractivity contribution < 1.29 is 19.1 Å². The van der Waals surface area contributed by atoms with Crippen LogP contribution in [0.15, 0.2) is 0 Å². The van der Waals surface area contributed by atoms with Crippen LogP contribution in [0.1, 0.15) is 39.5 Å². The molecule has 2 saturated heterocycles. The molecule has 0 bridgehead atoms. The molecule has 0 aromatic carbocycles. The van der Waals surface area contributed by atoms with E-state index in [9.17, 15) is 9.59 Å². The maximum absolute atomic E-state index is 12.6. The molecule has 0 aromatic rings. The Kier molecular flexibility index (Phi) is 8.64. The number of ether oxygens (including phenoxy) is 2. The minimum atomic E-state index is -0.444. The largest absolute Gasteiger partial charge is 0.376 e. The zero-order valence-corrected chi connectivity index (χ0v) is 15.7. The summed E-state index contributed by atoms with van der Waals surface area (Å²) >= 11 is 0. The SMILES string of the molecule is CCNC(=O)CN1CCCN(C(=O)C(C)OCC2CCCCO2)CC1. The van der Waals surface area contributed by atoms with Crippen molar-refractivity contribution in [3.8, 4) is 0 Å². The Balaban J connectivity index is 1.72. The number of nitrogens with one attached hydrogen (secondary N) is 1. The van der Waals surface area contributed by atoms with Crippen LogP contribution in [-0.2, 0) is 19.1 Å². The molecule has 2 aliphatic heterocycles. The fourth-order valence-corrected chi connectivity index (χ4v) is 3.32. The molecule has 25 heavy (non-hydrogen) atoms. The van der Waals surface area contributed by atoms with E-state index < -0.39 is 6.10 Å². The predicted octanol–water partition coefficient (Wildman–Crippen LogP) is 0.631. The molecule has 2 unspecified atom stereocenters. The lowest BCUT2D eigenvalue weighted by Gasteiger charge is -2.27. The summed E-state index contributed by atoms with van der Waals surface area (Å²) in [5.41, 5.74) is 0. The number of nitrogens with zero attached hydrogens (tertiary/aromatic N) is 2. The smallest absolute Gasteiger partial charge is 0.251 e. The summed E-state index contributed by atoms with van der Waals surface area (Å²) in [6, 6.07) is 0. The van der Waals surface area contributed by atoms with Gasteiger partial charge in [-0.1, -0.05) is 0 Å². The first-order valence-electron chi connectivity index (χ1n) is 9.61. The van der Waals surface area contributed by atoms with Gasteiger partial charge >= 0.3 is 0 Å². The lowest BCUT2D eigenvalue weighted by molar-refractivity contribution is -0.146. The number of likely N-dealkylation sites (N-methyl/N-ethyl adjacent to an activating group) is 1. The van der Waals surface area contributed by atoms with Crippen molar-refractivity contribution in [2.24, 2.45) is 0 Å². The third-order valence-corrected chi connectivity index (χ3v) is 4.80. The number of hydrogen-bond acceptors (Lipinski definition) is 5. The van der Waals surface area contributed by atoms with Crippen LogP contribution in [0.25, 0.3) is 0 Å². The summed E-state index contributed by atoms with van der Waals surface area (Å²) in [5, 5.41) is 2.82. The molecule has 0 aliphatic carbocycles. The number of rotatable bonds is 7. The lowest BCUT2D eigenvalue weighted by atomic mass is 10.1. The zero-order valence-electron chi connectivity index (χ0n) is 15.7. The van der Waals surface area contributed by atoms with E-state index >= 15 is 0 Å². The molecule has 7 heteroatoms. The number of carbonyl (C=O) groups excluding carboxylic acids is 2. The van der Waals surface area contributed by atoms with Gasteiger partial charge in [-0.2, -0.15) is 0 Å². The van der Waals surface area contributed by atoms with Crippen molar-refractivity contribution in [3.63, 3.8) is 0 Å². The van der Waals surface area contributed by atoms with Crippen molar-refractivity contribution in [2.45, 2.75) is 51.7 Å². The van der Waals surface area contributed by atoms with E-state index in [0.29, 0.717) is 26.2 Å². The van der Waals surface area contributed by atoms with Crippen LogP contribution in [0.5, 0.6) is 0 Å². The number of hydrogen-bond donors (Lipinski definition) is 1. The van der Waals surface area contributed by atoms with Crippen molar-refractivity contribution in [3.05, 3.63) is 0 Å². The van der Waals surface area contributed by atoms with Gasteiger partial charge in [-0.05, 0) is 39.5 Å². The summed E-state index contributed by atoms with van der Waals surface area (Å²) in [6.07, 6.45) is 3.86. The van der Waals surface area contributed by atoms with Crippen LogP contribution in [0, 0.1) is 0 Å². The molecule has 2 rings (SSSR count). The van der Waals surface area contributed by atoms with Gasteiger partial charge in [0.25, 0.3) is 5.91 Å². The van der Waals surface area contributed by atoms with Gasteiger partial charge in [0, 0.05) is 39.3 Å². The van der Waals surface area contributed by atoms with Crippen LogP contribution < -0.4 is 5.32 Å². The van der Waals surface area contributed by atoms with Gasteiger partial charge < -0.3 is 19.7 Å². The molecule has 2 amide bonds. The van der Waals surface area contributed by atoms with E-state index in [2.05, 4.69) is 10.2 Å². The highest BCUT2D eigenvalue weighted by atomic mass is 16.5. The molecule has 144 valence electrons. The summed E-state index contributed by atoms with van der Waals surface area (Å²) in [5.74, 6) is 0.0853. The second-order valence-electron chi connectivity index (χ2n) is 6.87. The van der Waals surface area contributed by atoms with Crippen molar-refractivity contribution in [1.29, 1.82) is 0 Å². The topological polar surface area (TPSA) is 71.1 Å². The molecule has 2 fully saturated rings. The van der Waals surface area contributed by atoms with Crippen LogP contribution in [0.3, 0.4) is 0 Å². The highest BCUT2D eigenvalue weighted by Gasteiger charge is 2.25. The first-order valence-corrected chi connectivity index (χ1v) is 9.61. The normalized spacial score (nSPS) is 23.8. The zero-order chi connectivity index (χ0) is 18.1. The van der Waals surface area contributed by atoms with Gasteiger partial charge in [0.05, 0.1) is 19.3 Å². The van der Waals surface area contributed by atoms with E-state index in [1.54, 1.807) is 0 Å². The van der Waals surface area contributed by atoms with Gasteiger partial charge in [0.1, 0.15) is 6.10 Å². The summed E-state index contributed by atoms with van der Waals surface area (Å²) in [6.45, 7) is 9.01. The maximum Gasteiger partial charge on any atom is 0.251 e. The van der Waals surface area contributed by atoms with E-state index in [4.69, 9.17) is 9.47 Å². The molecule has 0 saturated carbocycles. The molecule has 1 N–H and O–H groups in total. The second kappa shape index (κ2) is 10.7. The van der Waals surface area contributed by atoms with Crippen LogP contribution in [0.4, 0.5) is 0 Å². The van der Waals surface area contributed by atoms with Gasteiger partial charge in [0.2, 0.25) is 5.91 Å². The van der Waals surface area contributed by atoms with Crippen LogP contribution in [-0.4, -0.2) is 86.3 Å². The molecule has 2 heterocycles. The highest BCUT2D eigenvalue weighted by Crippen LogP contribution is 2.14. The van der Waals surface area contributed by atoms with Crippen molar-refractivity contribution >= 4 is 11.8 Å². The molecule has 0 spiro atoms. The van der Waals surface area contributed by atoms with E-state index in [1.807, 2.05) is 18.7 Å². The minimum absolute atomic E-state index is 0.0377. The quantitative estimate of drug-likeness (QED) is 0.725. The molecular formula is C18H33N3O4. The predicted molar refractivity (Wildman–Crippen MR) is 95.3 cm³/mol. The third kappa shape index (κ3) is 6.92. The Morgan fingerprint density at radius 3 is 2.76 bits per heavy atom.